The maximum atomic E-state index is 12.6. The smallest absolute Gasteiger partial charge is 0.337 e. The van der Waals surface area contributed by atoms with Crippen molar-refractivity contribution >= 4 is 29.0 Å². The summed E-state index contributed by atoms with van der Waals surface area (Å²) in [5, 5.41) is 7.00. The molecule has 2 amide bonds. The fourth-order valence-corrected chi connectivity index (χ4v) is 3.57. The fourth-order valence-electron chi connectivity index (χ4n) is 2.86. The van der Waals surface area contributed by atoms with Crippen LogP contribution in [0.2, 0.25) is 0 Å². The summed E-state index contributed by atoms with van der Waals surface area (Å²) in [5.41, 5.74) is 2.20. The van der Waals surface area contributed by atoms with E-state index in [1.807, 2.05) is 10.3 Å². The average Bonchev–Trinajstić information content (AvgIpc) is 3.24. The summed E-state index contributed by atoms with van der Waals surface area (Å²) in [6.45, 7) is 0.739. The first kappa shape index (κ1) is 15.6. The zero-order valence-corrected chi connectivity index (χ0v) is 13.6. The number of ether oxygens (including phenoxy) is 1. The van der Waals surface area contributed by atoms with Gasteiger partial charge in [0.15, 0.2) is 0 Å². The number of amides is 2. The van der Waals surface area contributed by atoms with Gasteiger partial charge >= 0.3 is 12.0 Å². The molecule has 1 aromatic carbocycles. The number of anilines is 1. The molecule has 0 unspecified atom stereocenters. The Morgan fingerprint density at radius 1 is 1.35 bits per heavy atom. The molecule has 1 aromatic heterocycles. The van der Waals surface area contributed by atoms with Crippen molar-refractivity contribution in [3.05, 3.63) is 52.2 Å². The highest BCUT2D eigenvalue weighted by Crippen LogP contribution is 2.33. The average molecular weight is 330 g/mol. The molecule has 0 radical (unpaired) electrons. The number of hydrogen-bond donors (Lipinski definition) is 1. The molecule has 1 aliphatic rings. The molecular formula is C17H18N2O3S. The maximum absolute atomic E-state index is 12.6. The molecule has 1 fully saturated rings. The Hall–Kier alpha value is -2.34. The lowest BCUT2D eigenvalue weighted by atomic mass is 10.1. The number of urea groups is 1. The van der Waals surface area contributed by atoms with Crippen LogP contribution in [0, 0.1) is 0 Å². The van der Waals surface area contributed by atoms with Crippen LogP contribution < -0.4 is 5.32 Å². The third kappa shape index (κ3) is 3.37. The van der Waals surface area contributed by atoms with Crippen molar-refractivity contribution < 1.29 is 14.3 Å². The first-order valence-corrected chi connectivity index (χ1v) is 8.41. The molecule has 6 heteroatoms. The molecular weight excluding hydrogens is 312 g/mol. The minimum atomic E-state index is -0.418. The van der Waals surface area contributed by atoms with Crippen LogP contribution >= 0.6 is 11.3 Å². The van der Waals surface area contributed by atoms with Gasteiger partial charge in [0.1, 0.15) is 0 Å². The maximum Gasteiger partial charge on any atom is 0.337 e. The molecule has 0 bridgehead atoms. The number of hydrogen-bond acceptors (Lipinski definition) is 4. The van der Waals surface area contributed by atoms with Crippen molar-refractivity contribution in [3.63, 3.8) is 0 Å². The molecule has 1 aliphatic heterocycles. The Labute approximate surface area is 138 Å². The SMILES string of the molecule is COC(=O)c1cccc(NC(=O)N2CCC[C@H]2c2ccsc2)c1. The van der Waals surface area contributed by atoms with Crippen molar-refractivity contribution in [3.8, 4) is 0 Å². The second-order valence-corrected chi connectivity index (χ2v) is 6.19. The summed E-state index contributed by atoms with van der Waals surface area (Å²) < 4.78 is 4.70. The number of likely N-dealkylation sites (tertiary alicyclic amines) is 1. The molecule has 0 spiro atoms. The predicted molar refractivity (Wildman–Crippen MR) is 89.8 cm³/mol. The summed E-state index contributed by atoms with van der Waals surface area (Å²) in [4.78, 5) is 26.0. The van der Waals surface area contributed by atoms with Crippen LogP contribution in [0.25, 0.3) is 0 Å². The Morgan fingerprint density at radius 3 is 2.96 bits per heavy atom. The molecule has 2 heterocycles. The van der Waals surface area contributed by atoms with Gasteiger partial charge in [-0.15, -0.1) is 0 Å². The highest BCUT2D eigenvalue weighted by molar-refractivity contribution is 7.08. The second-order valence-electron chi connectivity index (χ2n) is 5.41. The van der Waals surface area contributed by atoms with E-state index in [-0.39, 0.29) is 12.1 Å². The number of nitrogens with one attached hydrogen (secondary N) is 1. The van der Waals surface area contributed by atoms with Crippen LogP contribution in [0.4, 0.5) is 10.5 Å². The van der Waals surface area contributed by atoms with Crippen molar-refractivity contribution in [2.45, 2.75) is 18.9 Å². The molecule has 1 N–H and O–H groups in total. The number of benzene rings is 1. The van der Waals surface area contributed by atoms with E-state index in [0.29, 0.717) is 11.3 Å². The van der Waals surface area contributed by atoms with Crippen molar-refractivity contribution in [2.75, 3.05) is 19.0 Å². The third-order valence-corrected chi connectivity index (χ3v) is 4.68. The third-order valence-electron chi connectivity index (χ3n) is 3.98. The first-order valence-electron chi connectivity index (χ1n) is 7.47. The molecule has 1 atom stereocenters. The molecule has 2 aromatic rings. The molecule has 0 aliphatic carbocycles. The summed E-state index contributed by atoms with van der Waals surface area (Å²) in [6.07, 6.45) is 1.97. The van der Waals surface area contributed by atoms with Crippen LogP contribution in [0.5, 0.6) is 0 Å². The van der Waals surface area contributed by atoms with Gasteiger partial charge in [-0.2, -0.15) is 11.3 Å². The number of thiophene rings is 1. The van der Waals surface area contributed by atoms with Crippen molar-refractivity contribution in [1.82, 2.24) is 4.90 Å². The number of esters is 1. The van der Waals surface area contributed by atoms with Gasteiger partial charge in [0, 0.05) is 12.2 Å². The van der Waals surface area contributed by atoms with E-state index in [4.69, 9.17) is 4.74 Å². The van der Waals surface area contributed by atoms with Gasteiger partial charge in [0.2, 0.25) is 0 Å². The summed E-state index contributed by atoms with van der Waals surface area (Å²) in [7, 11) is 1.34. The lowest BCUT2D eigenvalue weighted by Gasteiger charge is -2.24. The fraction of sp³-hybridized carbons (Fsp3) is 0.294. The van der Waals surface area contributed by atoms with E-state index in [1.165, 1.54) is 12.7 Å². The highest BCUT2D eigenvalue weighted by Gasteiger charge is 2.30. The largest absolute Gasteiger partial charge is 0.465 e. The lowest BCUT2D eigenvalue weighted by Crippen LogP contribution is -2.34. The van der Waals surface area contributed by atoms with Gasteiger partial charge in [0.25, 0.3) is 0 Å². The van der Waals surface area contributed by atoms with Gasteiger partial charge in [0.05, 0.1) is 18.7 Å². The van der Waals surface area contributed by atoms with Crippen LogP contribution in [-0.4, -0.2) is 30.6 Å². The standard InChI is InChI=1S/C17H18N2O3S/c1-22-16(20)12-4-2-5-14(10-12)18-17(21)19-8-3-6-15(19)13-7-9-23-11-13/h2,4-5,7,9-11,15H,3,6,8H2,1H3,(H,18,21)/t15-/m0/s1. The zero-order chi connectivity index (χ0) is 16.2. The molecule has 0 saturated carbocycles. The summed E-state index contributed by atoms with van der Waals surface area (Å²) in [6, 6.07) is 8.83. The van der Waals surface area contributed by atoms with E-state index in [9.17, 15) is 9.59 Å². The van der Waals surface area contributed by atoms with E-state index in [2.05, 4.69) is 16.8 Å². The minimum absolute atomic E-state index is 0.130. The van der Waals surface area contributed by atoms with E-state index < -0.39 is 5.97 Å². The van der Waals surface area contributed by atoms with E-state index in [1.54, 1.807) is 35.6 Å². The van der Waals surface area contributed by atoms with Crippen LogP contribution in [-0.2, 0) is 4.74 Å². The van der Waals surface area contributed by atoms with E-state index >= 15 is 0 Å². The molecule has 5 nitrogen and oxygen atoms in total. The van der Waals surface area contributed by atoms with Crippen LogP contribution in [0.3, 0.4) is 0 Å². The number of carbonyl (C=O) groups excluding carboxylic acids is 2. The summed E-state index contributed by atoms with van der Waals surface area (Å²) >= 11 is 1.64. The lowest BCUT2D eigenvalue weighted by molar-refractivity contribution is 0.0600. The van der Waals surface area contributed by atoms with Gasteiger partial charge in [-0.1, -0.05) is 6.07 Å². The van der Waals surface area contributed by atoms with Gasteiger partial charge in [-0.25, -0.2) is 9.59 Å². The van der Waals surface area contributed by atoms with E-state index in [0.717, 1.165) is 19.4 Å². The number of rotatable bonds is 3. The molecule has 120 valence electrons. The van der Waals surface area contributed by atoms with Crippen molar-refractivity contribution in [1.29, 1.82) is 0 Å². The van der Waals surface area contributed by atoms with Gasteiger partial charge in [-0.05, 0) is 53.4 Å². The Balaban J connectivity index is 1.73. The Bertz CT molecular complexity index is 700. The monoisotopic (exact) mass is 330 g/mol. The number of nitrogens with zero attached hydrogens (tertiary/aromatic N) is 1. The van der Waals surface area contributed by atoms with Crippen molar-refractivity contribution in [2.24, 2.45) is 0 Å². The van der Waals surface area contributed by atoms with Crippen LogP contribution in [0.15, 0.2) is 41.1 Å². The highest BCUT2D eigenvalue weighted by atomic mass is 32.1. The second kappa shape index (κ2) is 6.83. The summed E-state index contributed by atoms with van der Waals surface area (Å²) in [5.74, 6) is -0.418. The predicted octanol–water partition coefficient (Wildman–Crippen LogP) is 3.90. The zero-order valence-electron chi connectivity index (χ0n) is 12.8. The Kier molecular flexibility index (Phi) is 4.62. The molecule has 3 rings (SSSR count). The topological polar surface area (TPSA) is 58.6 Å². The Morgan fingerprint density at radius 2 is 2.22 bits per heavy atom. The number of methoxy groups -OCH3 is 1. The number of carbonyl (C=O) groups is 2. The minimum Gasteiger partial charge on any atom is -0.465 e. The normalized spacial score (nSPS) is 17.1. The van der Waals surface area contributed by atoms with Gasteiger partial charge < -0.3 is 15.0 Å². The molecule has 1 saturated heterocycles. The quantitative estimate of drug-likeness (QED) is 0.868. The van der Waals surface area contributed by atoms with Gasteiger partial charge in [-0.3, -0.25) is 0 Å². The molecule has 23 heavy (non-hydrogen) atoms. The van der Waals surface area contributed by atoms with Crippen LogP contribution in [0.1, 0.15) is 34.8 Å². The first-order chi connectivity index (χ1) is 11.2.